The summed E-state index contributed by atoms with van der Waals surface area (Å²) in [5, 5.41) is 17.6. The van der Waals surface area contributed by atoms with Crippen LogP contribution >= 0.6 is 0 Å². The first-order chi connectivity index (χ1) is 15.6. The molecule has 3 heterocycles. The Morgan fingerprint density at radius 3 is 2.75 bits per heavy atom. The zero-order valence-electron chi connectivity index (χ0n) is 18.2. The number of H-pyrrole nitrogens is 1. The monoisotopic (exact) mass is 435 g/mol. The van der Waals surface area contributed by atoms with Gasteiger partial charge in [-0.25, -0.2) is 4.98 Å². The number of nitrogens with one attached hydrogen (secondary N) is 3. The highest BCUT2D eigenvalue weighted by molar-refractivity contribution is 5.53. The van der Waals surface area contributed by atoms with E-state index in [0.29, 0.717) is 18.3 Å². The highest BCUT2D eigenvalue weighted by atomic mass is 16.5. The summed E-state index contributed by atoms with van der Waals surface area (Å²) < 4.78 is 16.0. The van der Waals surface area contributed by atoms with E-state index in [4.69, 9.17) is 14.0 Å². The van der Waals surface area contributed by atoms with Crippen LogP contribution < -0.4 is 20.1 Å². The molecule has 0 aliphatic rings. The Kier molecular flexibility index (Phi) is 6.49. The lowest BCUT2D eigenvalue weighted by Gasteiger charge is -2.09. The van der Waals surface area contributed by atoms with Crippen LogP contribution in [0.25, 0.3) is 0 Å². The first kappa shape index (κ1) is 21.2. The summed E-state index contributed by atoms with van der Waals surface area (Å²) in [7, 11) is 3.32. The Morgan fingerprint density at radius 1 is 1.06 bits per heavy atom. The van der Waals surface area contributed by atoms with Crippen LogP contribution in [-0.4, -0.2) is 39.5 Å². The van der Waals surface area contributed by atoms with Gasteiger partial charge < -0.3 is 24.6 Å². The predicted octanol–water partition coefficient (Wildman–Crippen LogP) is 3.65. The third-order valence-corrected chi connectivity index (χ3v) is 4.78. The lowest BCUT2D eigenvalue weighted by Crippen LogP contribution is -2.04. The summed E-state index contributed by atoms with van der Waals surface area (Å²) in [4.78, 5) is 8.69. The summed E-state index contributed by atoms with van der Waals surface area (Å²) in [5.41, 5.74) is 2.82. The third kappa shape index (κ3) is 5.34. The molecule has 0 amide bonds. The Bertz CT molecular complexity index is 1170. The maximum Gasteiger partial charge on any atom is 0.224 e. The van der Waals surface area contributed by atoms with Gasteiger partial charge in [-0.3, -0.25) is 5.10 Å². The van der Waals surface area contributed by atoms with E-state index in [1.54, 1.807) is 26.5 Å². The molecule has 0 spiro atoms. The first-order valence-electron chi connectivity index (χ1n) is 10.1. The molecule has 0 radical (unpaired) electrons. The van der Waals surface area contributed by atoms with Gasteiger partial charge in [0, 0.05) is 18.3 Å². The lowest BCUT2D eigenvalue weighted by atomic mass is 10.1. The quantitative estimate of drug-likeness (QED) is 0.342. The largest absolute Gasteiger partial charge is 0.497 e. The normalized spacial score (nSPS) is 10.7. The Balaban J connectivity index is 1.35. The predicted molar refractivity (Wildman–Crippen MR) is 119 cm³/mol. The van der Waals surface area contributed by atoms with Gasteiger partial charge in [0.2, 0.25) is 5.95 Å². The second-order valence-corrected chi connectivity index (χ2v) is 7.13. The molecule has 0 saturated carbocycles. The molecule has 0 aliphatic heterocycles. The fourth-order valence-corrected chi connectivity index (χ4v) is 3.21. The van der Waals surface area contributed by atoms with Gasteiger partial charge in [0.25, 0.3) is 0 Å². The Labute approximate surface area is 185 Å². The molecular weight excluding hydrogens is 410 g/mol. The minimum Gasteiger partial charge on any atom is -0.497 e. The number of hydrogen-bond donors (Lipinski definition) is 3. The number of aryl methyl sites for hydroxylation is 3. The van der Waals surface area contributed by atoms with Crippen molar-refractivity contribution in [1.82, 2.24) is 25.3 Å². The van der Waals surface area contributed by atoms with Crippen molar-refractivity contribution in [2.45, 2.75) is 26.3 Å². The maximum atomic E-state index is 5.45. The fourth-order valence-electron chi connectivity index (χ4n) is 3.21. The molecule has 1 aromatic carbocycles. The number of aromatic nitrogens is 5. The van der Waals surface area contributed by atoms with Crippen LogP contribution in [0.1, 0.15) is 22.7 Å². The van der Waals surface area contributed by atoms with Crippen molar-refractivity contribution in [2.75, 3.05) is 24.9 Å². The van der Waals surface area contributed by atoms with Gasteiger partial charge in [-0.1, -0.05) is 5.16 Å². The molecule has 0 aliphatic carbocycles. The number of nitrogens with zero attached hydrogens (tertiary/aromatic N) is 4. The molecule has 3 N–H and O–H groups in total. The minimum absolute atomic E-state index is 0.451. The molecule has 4 rings (SSSR count). The van der Waals surface area contributed by atoms with Gasteiger partial charge in [-0.15, -0.1) is 0 Å². The van der Waals surface area contributed by atoms with Crippen molar-refractivity contribution in [2.24, 2.45) is 0 Å². The van der Waals surface area contributed by atoms with Crippen LogP contribution in [-0.2, 0) is 19.4 Å². The van der Waals surface area contributed by atoms with E-state index >= 15 is 0 Å². The van der Waals surface area contributed by atoms with Crippen molar-refractivity contribution in [3.8, 4) is 11.5 Å². The van der Waals surface area contributed by atoms with E-state index in [1.807, 2.05) is 37.3 Å². The highest BCUT2D eigenvalue weighted by Crippen LogP contribution is 2.25. The molecule has 4 aromatic rings. The van der Waals surface area contributed by atoms with Gasteiger partial charge in [-0.2, -0.15) is 10.1 Å². The molecule has 10 nitrogen and oxygen atoms in total. The highest BCUT2D eigenvalue weighted by Gasteiger charge is 2.09. The van der Waals surface area contributed by atoms with Crippen LogP contribution in [0, 0.1) is 6.92 Å². The molecule has 3 aromatic heterocycles. The first-order valence-corrected chi connectivity index (χ1v) is 10.1. The van der Waals surface area contributed by atoms with E-state index in [1.165, 1.54) is 0 Å². The van der Waals surface area contributed by atoms with Crippen molar-refractivity contribution < 1.29 is 14.0 Å². The van der Waals surface area contributed by atoms with Gasteiger partial charge >= 0.3 is 0 Å². The smallest absolute Gasteiger partial charge is 0.224 e. The number of methoxy groups -OCH3 is 2. The van der Waals surface area contributed by atoms with Crippen molar-refractivity contribution in [1.29, 1.82) is 0 Å². The second kappa shape index (κ2) is 9.82. The van der Waals surface area contributed by atoms with E-state index in [-0.39, 0.29) is 0 Å². The summed E-state index contributed by atoms with van der Waals surface area (Å²) >= 11 is 0. The third-order valence-electron chi connectivity index (χ3n) is 4.78. The van der Waals surface area contributed by atoms with E-state index in [9.17, 15) is 0 Å². The SMILES string of the molecule is COc1ccc(OC)c(CCc2cc(Nc3ccnc(NCc4cc(C)no4)n3)[nH]n2)c1. The number of anilines is 3. The van der Waals surface area contributed by atoms with Crippen molar-refractivity contribution >= 4 is 17.6 Å². The van der Waals surface area contributed by atoms with E-state index in [0.717, 1.165) is 52.9 Å². The summed E-state index contributed by atoms with van der Waals surface area (Å²) in [6.07, 6.45) is 3.19. The molecule has 32 heavy (non-hydrogen) atoms. The zero-order valence-corrected chi connectivity index (χ0v) is 18.2. The molecule has 0 unspecified atom stereocenters. The number of ether oxygens (including phenoxy) is 2. The number of rotatable bonds is 10. The van der Waals surface area contributed by atoms with Gasteiger partial charge in [-0.05, 0) is 49.6 Å². The van der Waals surface area contributed by atoms with E-state index < -0.39 is 0 Å². The van der Waals surface area contributed by atoms with E-state index in [2.05, 4.69) is 36.0 Å². The minimum atomic E-state index is 0.451. The number of aromatic amines is 1. The zero-order chi connectivity index (χ0) is 22.3. The molecule has 166 valence electrons. The summed E-state index contributed by atoms with van der Waals surface area (Å²) in [5.74, 6) is 4.22. The molecular formula is C22H25N7O3. The van der Waals surface area contributed by atoms with Crippen LogP contribution in [0.15, 0.2) is 47.1 Å². The maximum absolute atomic E-state index is 5.45. The average molecular weight is 435 g/mol. The average Bonchev–Trinajstić information content (AvgIpc) is 3.44. The molecule has 10 heteroatoms. The second-order valence-electron chi connectivity index (χ2n) is 7.13. The molecule has 0 saturated heterocycles. The van der Waals surface area contributed by atoms with Gasteiger partial charge in [0.05, 0.1) is 32.2 Å². The van der Waals surface area contributed by atoms with Gasteiger partial charge in [0.15, 0.2) is 5.76 Å². The number of hydrogen-bond acceptors (Lipinski definition) is 9. The van der Waals surface area contributed by atoms with Crippen LogP contribution in [0.3, 0.4) is 0 Å². The van der Waals surface area contributed by atoms with Crippen molar-refractivity contribution in [3.05, 3.63) is 65.3 Å². The van der Waals surface area contributed by atoms with Crippen LogP contribution in [0.2, 0.25) is 0 Å². The van der Waals surface area contributed by atoms with Gasteiger partial charge in [0.1, 0.15) is 23.1 Å². The molecule has 0 bridgehead atoms. The van der Waals surface area contributed by atoms with Crippen LogP contribution in [0.5, 0.6) is 11.5 Å². The van der Waals surface area contributed by atoms with Crippen molar-refractivity contribution in [3.63, 3.8) is 0 Å². The number of benzene rings is 1. The molecule has 0 fully saturated rings. The Morgan fingerprint density at radius 2 is 1.97 bits per heavy atom. The topological polar surface area (TPSA) is 123 Å². The summed E-state index contributed by atoms with van der Waals surface area (Å²) in [6, 6.07) is 11.4. The lowest BCUT2D eigenvalue weighted by molar-refractivity contribution is 0.384. The fraction of sp³-hybridized carbons (Fsp3) is 0.273. The Hall–Kier alpha value is -4.08. The molecule has 0 atom stereocenters. The standard InChI is InChI=1S/C22H25N7O3/c1-14-10-18(32-29-14)13-24-22-23-9-8-20(26-22)25-21-12-16(27-28-21)5-4-15-11-17(30-2)6-7-19(15)31-3/h6-12H,4-5,13H2,1-3H3,(H3,23,24,25,26,27,28). The summed E-state index contributed by atoms with van der Waals surface area (Å²) in [6.45, 7) is 2.33. The van der Waals surface area contributed by atoms with Crippen LogP contribution in [0.4, 0.5) is 17.6 Å².